The van der Waals surface area contributed by atoms with Gasteiger partial charge in [-0.1, -0.05) is 12.1 Å². The molecule has 5 heteroatoms. The second-order valence-corrected chi connectivity index (χ2v) is 7.14. The summed E-state index contributed by atoms with van der Waals surface area (Å²) in [5.41, 5.74) is 0. The molecule has 0 atom stereocenters. The first-order valence-corrected chi connectivity index (χ1v) is 8.63. The first kappa shape index (κ1) is 13.8. The highest BCUT2D eigenvalue weighted by Crippen LogP contribution is 2.28. The molecule has 1 aliphatic rings. The van der Waals surface area contributed by atoms with Crippen molar-refractivity contribution >= 4 is 28.6 Å². The summed E-state index contributed by atoms with van der Waals surface area (Å²) in [6.45, 7) is 2.05. The van der Waals surface area contributed by atoms with E-state index >= 15 is 0 Å². The van der Waals surface area contributed by atoms with Crippen LogP contribution >= 0.6 is 22.7 Å². The monoisotopic (exact) mass is 306 g/mol. The minimum atomic E-state index is 0.127. The van der Waals surface area contributed by atoms with Gasteiger partial charge in [-0.05, 0) is 35.7 Å². The van der Waals surface area contributed by atoms with E-state index in [0.29, 0.717) is 19.1 Å². The minimum absolute atomic E-state index is 0.127. The average Bonchev–Trinajstić information content (AvgIpc) is 2.94. The first-order chi connectivity index (χ1) is 9.81. The summed E-state index contributed by atoms with van der Waals surface area (Å²) in [7, 11) is 0. The smallest absolute Gasteiger partial charge is 0.234 e. The van der Waals surface area contributed by atoms with Crippen LogP contribution in [-0.4, -0.2) is 23.4 Å². The van der Waals surface area contributed by atoms with Crippen molar-refractivity contribution in [2.45, 2.75) is 32.0 Å². The lowest BCUT2D eigenvalue weighted by Crippen LogP contribution is -2.37. The van der Waals surface area contributed by atoms with E-state index in [4.69, 9.17) is 0 Å². The van der Waals surface area contributed by atoms with Gasteiger partial charge in [-0.2, -0.15) is 0 Å². The molecule has 106 valence electrons. The van der Waals surface area contributed by atoms with Crippen LogP contribution in [0.25, 0.3) is 0 Å². The van der Waals surface area contributed by atoms with Crippen LogP contribution in [0.5, 0.6) is 0 Å². The van der Waals surface area contributed by atoms with E-state index < -0.39 is 0 Å². The van der Waals surface area contributed by atoms with Crippen LogP contribution in [0.15, 0.2) is 35.0 Å². The minimum Gasteiger partial charge on any atom is -0.350 e. The van der Waals surface area contributed by atoms with Gasteiger partial charge >= 0.3 is 0 Å². The third kappa shape index (κ3) is 3.91. The molecule has 3 nitrogen and oxygen atoms in total. The third-order valence-corrected chi connectivity index (χ3v) is 5.13. The Morgan fingerprint density at radius 2 is 1.90 bits per heavy atom. The lowest BCUT2D eigenvalue weighted by Gasteiger charge is -2.20. The van der Waals surface area contributed by atoms with Gasteiger partial charge in [0.1, 0.15) is 0 Å². The molecule has 1 aliphatic carbocycles. The standard InChI is InChI=1S/C15H18N2OS2/c18-15(16-9-13-3-1-7-19-13)11-17(12-5-6-12)10-14-4-2-8-20-14/h1-4,7-8,12H,5-6,9-11H2,(H,16,18). The second kappa shape index (κ2) is 6.52. The number of nitrogens with one attached hydrogen (secondary N) is 1. The summed E-state index contributed by atoms with van der Waals surface area (Å²) in [5.74, 6) is 0.127. The van der Waals surface area contributed by atoms with Gasteiger partial charge in [-0.15, -0.1) is 22.7 Å². The fraction of sp³-hybridized carbons (Fsp3) is 0.400. The Morgan fingerprint density at radius 1 is 1.20 bits per heavy atom. The molecule has 0 radical (unpaired) electrons. The molecular formula is C15H18N2OS2. The molecule has 0 aromatic carbocycles. The Morgan fingerprint density at radius 3 is 2.50 bits per heavy atom. The van der Waals surface area contributed by atoms with Crippen molar-refractivity contribution in [3.05, 3.63) is 44.8 Å². The van der Waals surface area contributed by atoms with E-state index in [1.807, 2.05) is 11.4 Å². The summed E-state index contributed by atoms with van der Waals surface area (Å²) in [6.07, 6.45) is 2.45. The first-order valence-electron chi connectivity index (χ1n) is 6.87. The Hall–Kier alpha value is -1.17. The number of carbonyl (C=O) groups excluding carboxylic acids is 1. The molecule has 1 amide bonds. The lowest BCUT2D eigenvalue weighted by molar-refractivity contribution is -0.122. The van der Waals surface area contributed by atoms with E-state index in [-0.39, 0.29) is 5.91 Å². The molecule has 0 spiro atoms. The largest absolute Gasteiger partial charge is 0.350 e. The van der Waals surface area contributed by atoms with Gasteiger partial charge in [-0.25, -0.2) is 0 Å². The molecule has 1 saturated carbocycles. The van der Waals surface area contributed by atoms with Crippen LogP contribution in [0.4, 0.5) is 0 Å². The van der Waals surface area contributed by atoms with Crippen molar-refractivity contribution in [2.75, 3.05) is 6.54 Å². The fourth-order valence-electron chi connectivity index (χ4n) is 2.20. The number of hydrogen-bond donors (Lipinski definition) is 1. The van der Waals surface area contributed by atoms with Gasteiger partial charge < -0.3 is 5.32 Å². The maximum absolute atomic E-state index is 12.1. The molecule has 0 bridgehead atoms. The zero-order valence-electron chi connectivity index (χ0n) is 11.2. The van der Waals surface area contributed by atoms with Crippen molar-refractivity contribution < 1.29 is 4.79 Å². The van der Waals surface area contributed by atoms with Crippen LogP contribution in [0.2, 0.25) is 0 Å². The number of hydrogen-bond acceptors (Lipinski definition) is 4. The SMILES string of the molecule is O=C(CN(Cc1cccs1)C1CC1)NCc1cccs1. The molecule has 1 N–H and O–H groups in total. The maximum atomic E-state index is 12.1. The Bertz CT molecular complexity index is 532. The van der Waals surface area contributed by atoms with Crippen LogP contribution in [-0.2, 0) is 17.9 Å². The van der Waals surface area contributed by atoms with Gasteiger partial charge in [0.05, 0.1) is 13.1 Å². The molecule has 2 aromatic rings. The van der Waals surface area contributed by atoms with Crippen molar-refractivity contribution in [2.24, 2.45) is 0 Å². The van der Waals surface area contributed by atoms with E-state index in [1.54, 1.807) is 22.7 Å². The number of carbonyl (C=O) groups is 1. The molecule has 0 saturated heterocycles. The zero-order valence-corrected chi connectivity index (χ0v) is 12.9. The predicted molar refractivity (Wildman–Crippen MR) is 83.9 cm³/mol. The van der Waals surface area contributed by atoms with Gasteiger partial charge in [0, 0.05) is 22.3 Å². The lowest BCUT2D eigenvalue weighted by atomic mass is 10.3. The van der Waals surface area contributed by atoms with Crippen LogP contribution < -0.4 is 5.32 Å². The third-order valence-electron chi connectivity index (χ3n) is 3.39. The normalized spacial score (nSPS) is 14.7. The molecule has 2 aromatic heterocycles. The Labute approximate surface area is 127 Å². The summed E-state index contributed by atoms with van der Waals surface area (Å²) in [5, 5.41) is 7.14. The highest BCUT2D eigenvalue weighted by Gasteiger charge is 2.30. The van der Waals surface area contributed by atoms with Crippen molar-refractivity contribution in [3.63, 3.8) is 0 Å². The van der Waals surface area contributed by atoms with Crippen molar-refractivity contribution in [1.29, 1.82) is 0 Å². The summed E-state index contributed by atoms with van der Waals surface area (Å²) >= 11 is 3.44. The highest BCUT2D eigenvalue weighted by molar-refractivity contribution is 7.10. The number of thiophene rings is 2. The van der Waals surface area contributed by atoms with Gasteiger partial charge in [0.25, 0.3) is 0 Å². The van der Waals surface area contributed by atoms with Gasteiger partial charge in [-0.3, -0.25) is 9.69 Å². The van der Waals surface area contributed by atoms with E-state index in [2.05, 4.69) is 33.8 Å². The van der Waals surface area contributed by atoms with E-state index in [0.717, 1.165) is 6.54 Å². The average molecular weight is 306 g/mol. The summed E-state index contributed by atoms with van der Waals surface area (Å²) in [6, 6.07) is 8.88. The van der Waals surface area contributed by atoms with E-state index in [9.17, 15) is 4.79 Å². The number of nitrogens with zero attached hydrogens (tertiary/aromatic N) is 1. The predicted octanol–water partition coefficient (Wildman–Crippen LogP) is 3.09. The molecule has 2 heterocycles. The Kier molecular flexibility index (Phi) is 4.50. The van der Waals surface area contributed by atoms with Crippen molar-refractivity contribution in [3.8, 4) is 0 Å². The topological polar surface area (TPSA) is 32.3 Å². The molecular weight excluding hydrogens is 288 g/mol. The Balaban J connectivity index is 1.49. The molecule has 0 unspecified atom stereocenters. The van der Waals surface area contributed by atoms with Gasteiger partial charge in [0.2, 0.25) is 5.91 Å². The number of amides is 1. The van der Waals surface area contributed by atoms with Crippen LogP contribution in [0.1, 0.15) is 22.6 Å². The van der Waals surface area contributed by atoms with Crippen LogP contribution in [0, 0.1) is 0 Å². The quantitative estimate of drug-likeness (QED) is 0.852. The summed E-state index contributed by atoms with van der Waals surface area (Å²) < 4.78 is 0. The highest BCUT2D eigenvalue weighted by atomic mass is 32.1. The van der Waals surface area contributed by atoms with Gasteiger partial charge in [0.15, 0.2) is 0 Å². The summed E-state index contributed by atoms with van der Waals surface area (Å²) in [4.78, 5) is 16.9. The van der Waals surface area contributed by atoms with Crippen molar-refractivity contribution in [1.82, 2.24) is 10.2 Å². The molecule has 3 rings (SSSR count). The molecule has 0 aliphatic heterocycles. The number of rotatable bonds is 7. The fourth-order valence-corrected chi connectivity index (χ4v) is 3.57. The molecule has 1 fully saturated rings. The second-order valence-electron chi connectivity index (χ2n) is 5.07. The van der Waals surface area contributed by atoms with E-state index in [1.165, 1.54) is 22.6 Å². The molecule has 20 heavy (non-hydrogen) atoms. The maximum Gasteiger partial charge on any atom is 0.234 e. The zero-order chi connectivity index (χ0) is 13.8. The van der Waals surface area contributed by atoms with Crippen LogP contribution in [0.3, 0.4) is 0 Å².